The number of para-hydroxylation sites is 1. The van der Waals surface area contributed by atoms with Gasteiger partial charge in [0.25, 0.3) is 5.91 Å². The number of fused-ring (bicyclic) bond motifs is 1. The topological polar surface area (TPSA) is 84.7 Å². The van der Waals surface area contributed by atoms with Crippen molar-refractivity contribution in [1.29, 1.82) is 0 Å². The number of anilines is 1. The molecule has 7 heteroatoms. The number of rotatable bonds is 4. The van der Waals surface area contributed by atoms with Crippen LogP contribution in [0.4, 0.5) is 5.69 Å². The molecule has 0 atom stereocenters. The van der Waals surface area contributed by atoms with E-state index in [1.807, 2.05) is 24.3 Å². The van der Waals surface area contributed by atoms with Crippen LogP contribution >= 0.6 is 0 Å². The van der Waals surface area contributed by atoms with Gasteiger partial charge in [-0.3, -0.25) is 14.6 Å². The molecule has 3 aromatic rings. The van der Waals surface area contributed by atoms with Gasteiger partial charge in [0.05, 0.1) is 18.9 Å². The van der Waals surface area contributed by atoms with Crippen LogP contribution in [0.3, 0.4) is 0 Å². The highest BCUT2D eigenvalue weighted by Crippen LogP contribution is 2.32. The minimum Gasteiger partial charge on any atom is -0.449 e. The quantitative estimate of drug-likeness (QED) is 0.707. The van der Waals surface area contributed by atoms with E-state index in [0.29, 0.717) is 48.7 Å². The summed E-state index contributed by atoms with van der Waals surface area (Å²) >= 11 is 0. The van der Waals surface area contributed by atoms with Gasteiger partial charge in [0, 0.05) is 30.7 Å². The number of nitrogens with zero attached hydrogens (tertiary/aromatic N) is 2. The number of amides is 2. The van der Waals surface area contributed by atoms with Gasteiger partial charge < -0.3 is 19.4 Å². The van der Waals surface area contributed by atoms with E-state index in [1.165, 1.54) is 6.08 Å². The largest absolute Gasteiger partial charge is 0.449 e. The lowest BCUT2D eigenvalue weighted by atomic mass is 10.2. The van der Waals surface area contributed by atoms with Crippen LogP contribution < -0.4 is 5.32 Å². The summed E-state index contributed by atoms with van der Waals surface area (Å²) in [5.74, 6) is -0.501. The Balaban J connectivity index is 1.62. The minimum atomic E-state index is -0.367. The molecular weight excluding hydrogens is 358 g/mol. The van der Waals surface area contributed by atoms with Gasteiger partial charge in [-0.25, -0.2) is 0 Å². The summed E-state index contributed by atoms with van der Waals surface area (Å²) in [6.45, 7) is 1.95. The van der Waals surface area contributed by atoms with Gasteiger partial charge in [-0.2, -0.15) is 0 Å². The number of ether oxygens (including phenoxy) is 1. The Morgan fingerprint density at radius 1 is 1.07 bits per heavy atom. The molecule has 2 aromatic heterocycles. The molecule has 1 fully saturated rings. The first-order valence-corrected chi connectivity index (χ1v) is 9.01. The van der Waals surface area contributed by atoms with Crippen LogP contribution in [0.1, 0.15) is 16.2 Å². The molecule has 0 aliphatic carbocycles. The van der Waals surface area contributed by atoms with Crippen LogP contribution in [0.25, 0.3) is 17.0 Å². The summed E-state index contributed by atoms with van der Waals surface area (Å²) in [6, 6.07) is 12.7. The second-order valence-corrected chi connectivity index (χ2v) is 6.28. The highest BCUT2D eigenvalue weighted by Gasteiger charge is 2.27. The number of hydrogen-bond acceptors (Lipinski definition) is 5. The van der Waals surface area contributed by atoms with E-state index in [0.717, 1.165) is 0 Å². The van der Waals surface area contributed by atoms with Crippen molar-refractivity contribution in [3.63, 3.8) is 0 Å². The van der Waals surface area contributed by atoms with Gasteiger partial charge in [-0.15, -0.1) is 0 Å². The molecule has 7 nitrogen and oxygen atoms in total. The monoisotopic (exact) mass is 377 g/mol. The van der Waals surface area contributed by atoms with Crippen molar-refractivity contribution < 1.29 is 18.7 Å². The van der Waals surface area contributed by atoms with Gasteiger partial charge in [-0.05, 0) is 30.3 Å². The molecule has 1 aliphatic heterocycles. The summed E-state index contributed by atoms with van der Waals surface area (Å²) < 4.78 is 11.1. The van der Waals surface area contributed by atoms with E-state index >= 15 is 0 Å². The number of hydrogen-bond donors (Lipinski definition) is 1. The van der Waals surface area contributed by atoms with E-state index < -0.39 is 0 Å². The zero-order valence-corrected chi connectivity index (χ0v) is 15.1. The Bertz CT molecular complexity index is 1020. The first-order valence-electron chi connectivity index (χ1n) is 9.01. The van der Waals surface area contributed by atoms with Gasteiger partial charge in [0.1, 0.15) is 11.3 Å². The van der Waals surface area contributed by atoms with E-state index in [-0.39, 0.29) is 17.6 Å². The number of nitrogens with one attached hydrogen (secondary N) is 1. The summed E-state index contributed by atoms with van der Waals surface area (Å²) in [4.78, 5) is 31.2. The lowest BCUT2D eigenvalue weighted by molar-refractivity contribution is -0.111. The maximum absolute atomic E-state index is 12.9. The normalized spacial score (nSPS) is 14.5. The zero-order chi connectivity index (χ0) is 19.3. The smallest absolute Gasteiger partial charge is 0.291 e. The van der Waals surface area contributed by atoms with E-state index in [1.54, 1.807) is 35.4 Å². The first-order chi connectivity index (χ1) is 13.7. The third-order valence-corrected chi connectivity index (χ3v) is 4.43. The van der Waals surface area contributed by atoms with Crippen LogP contribution in [0, 0.1) is 0 Å². The standard InChI is InChI=1S/C21H19N3O4/c25-18(9-8-15-5-3-4-10-22-15)23-19-16-6-1-2-7-17(16)28-20(19)21(26)24-11-13-27-14-12-24/h1-10H,11-14H2,(H,23,25)/b9-8-. The van der Waals surface area contributed by atoms with Gasteiger partial charge in [0.2, 0.25) is 11.7 Å². The Morgan fingerprint density at radius 3 is 2.64 bits per heavy atom. The summed E-state index contributed by atoms with van der Waals surface area (Å²) in [7, 11) is 0. The molecule has 0 bridgehead atoms. The number of benzene rings is 1. The third-order valence-electron chi connectivity index (χ3n) is 4.43. The fourth-order valence-electron chi connectivity index (χ4n) is 3.03. The molecule has 0 unspecified atom stereocenters. The maximum atomic E-state index is 12.9. The van der Waals surface area contributed by atoms with Crippen LogP contribution in [0.5, 0.6) is 0 Å². The second-order valence-electron chi connectivity index (χ2n) is 6.28. The number of carbonyl (C=O) groups excluding carboxylic acids is 2. The summed E-state index contributed by atoms with van der Waals surface area (Å²) in [6.07, 6.45) is 4.65. The lowest BCUT2D eigenvalue weighted by Gasteiger charge is -2.26. The fourth-order valence-corrected chi connectivity index (χ4v) is 3.03. The van der Waals surface area contributed by atoms with Gasteiger partial charge >= 0.3 is 0 Å². The molecule has 1 aromatic carbocycles. The molecule has 3 heterocycles. The minimum absolute atomic E-state index is 0.127. The van der Waals surface area contributed by atoms with Crippen LogP contribution in [0.15, 0.2) is 59.2 Å². The van der Waals surface area contributed by atoms with Crippen molar-refractivity contribution >= 4 is 34.5 Å². The van der Waals surface area contributed by atoms with E-state index in [4.69, 9.17) is 9.15 Å². The SMILES string of the molecule is O=C(/C=C\c1ccccn1)Nc1c(C(=O)N2CCOCC2)oc2ccccc12. The zero-order valence-electron chi connectivity index (χ0n) is 15.1. The van der Waals surface area contributed by atoms with Crippen molar-refractivity contribution in [2.24, 2.45) is 0 Å². The molecule has 2 amide bonds. The number of aromatic nitrogens is 1. The number of furan rings is 1. The average Bonchev–Trinajstić information content (AvgIpc) is 3.11. The summed E-state index contributed by atoms with van der Waals surface area (Å²) in [5, 5.41) is 3.48. The number of carbonyl (C=O) groups is 2. The molecule has 1 aliphatic rings. The van der Waals surface area contributed by atoms with E-state index in [2.05, 4.69) is 10.3 Å². The maximum Gasteiger partial charge on any atom is 0.291 e. The molecular formula is C21H19N3O4. The third kappa shape index (κ3) is 3.79. The van der Waals surface area contributed by atoms with Gasteiger partial charge in [-0.1, -0.05) is 18.2 Å². The summed E-state index contributed by atoms with van der Waals surface area (Å²) in [5.41, 5.74) is 1.59. The highest BCUT2D eigenvalue weighted by atomic mass is 16.5. The average molecular weight is 377 g/mol. The molecule has 0 radical (unpaired) electrons. The Hall–Kier alpha value is -3.45. The Labute approximate surface area is 161 Å². The fraction of sp³-hybridized carbons (Fsp3) is 0.190. The molecule has 1 saturated heterocycles. The Kier molecular flexibility index (Phi) is 5.16. The molecule has 28 heavy (non-hydrogen) atoms. The molecule has 1 N–H and O–H groups in total. The van der Waals surface area contributed by atoms with Crippen molar-refractivity contribution in [2.75, 3.05) is 31.6 Å². The number of morpholine rings is 1. The van der Waals surface area contributed by atoms with Crippen molar-refractivity contribution in [1.82, 2.24) is 9.88 Å². The predicted molar refractivity (Wildman–Crippen MR) is 105 cm³/mol. The van der Waals surface area contributed by atoms with Crippen LogP contribution in [0.2, 0.25) is 0 Å². The first kappa shape index (κ1) is 17.9. The van der Waals surface area contributed by atoms with E-state index in [9.17, 15) is 9.59 Å². The van der Waals surface area contributed by atoms with Crippen molar-refractivity contribution in [3.05, 3.63) is 66.2 Å². The highest BCUT2D eigenvalue weighted by molar-refractivity contribution is 6.13. The molecule has 4 rings (SSSR count). The lowest BCUT2D eigenvalue weighted by Crippen LogP contribution is -2.40. The molecule has 0 spiro atoms. The molecule has 142 valence electrons. The second kappa shape index (κ2) is 8.06. The number of pyridine rings is 1. The molecule has 0 saturated carbocycles. The predicted octanol–water partition coefficient (Wildman–Crippen LogP) is 2.95. The Morgan fingerprint density at radius 2 is 1.86 bits per heavy atom. The van der Waals surface area contributed by atoms with Crippen molar-refractivity contribution in [3.8, 4) is 0 Å². The van der Waals surface area contributed by atoms with Crippen LogP contribution in [-0.2, 0) is 9.53 Å². The van der Waals surface area contributed by atoms with Crippen LogP contribution in [-0.4, -0.2) is 48.0 Å². The van der Waals surface area contributed by atoms with Gasteiger partial charge in [0.15, 0.2) is 0 Å². The van der Waals surface area contributed by atoms with Crippen molar-refractivity contribution in [2.45, 2.75) is 0 Å².